The van der Waals surface area contributed by atoms with Crippen molar-refractivity contribution in [1.82, 2.24) is 4.98 Å². The topological polar surface area (TPSA) is 73.1 Å². The average Bonchev–Trinajstić information content (AvgIpc) is 2.19. The van der Waals surface area contributed by atoms with Crippen LogP contribution in [0.2, 0.25) is 0 Å². The zero-order chi connectivity index (χ0) is 10.1. The normalized spacial score (nSPS) is 8.08. The zero-order valence-electron chi connectivity index (χ0n) is 7.43. The van der Waals surface area contributed by atoms with Gasteiger partial charge in [0.25, 0.3) is 0 Å². The monoisotopic (exact) mass is 180 g/mol. The summed E-state index contributed by atoms with van der Waals surface area (Å²) in [5, 5.41) is 0. The molecule has 1 aromatic rings. The second-order valence-electron chi connectivity index (χ2n) is 2.18. The lowest BCUT2D eigenvalue weighted by atomic mass is 10.3. The summed E-state index contributed by atoms with van der Waals surface area (Å²) in [6.07, 6.45) is 4.54. The fourth-order valence-corrected chi connectivity index (χ4v) is 0.509. The lowest BCUT2D eigenvalue weighted by Gasteiger charge is -1.88. The maximum absolute atomic E-state index is 10.4. The Morgan fingerprint density at radius 3 is 2.54 bits per heavy atom. The standard InChI is InChI=1S/C6H6N2O.C3H6O/c7-6(9)5-2-1-3-8-4-5;1-2-3-4/h1-4H,(H2,7,9);3H,2H2,1H3. The molecule has 0 saturated heterocycles. The lowest BCUT2D eigenvalue weighted by molar-refractivity contribution is -0.107. The van der Waals surface area contributed by atoms with Crippen LogP contribution in [0.3, 0.4) is 0 Å². The van der Waals surface area contributed by atoms with E-state index in [1.54, 1.807) is 18.3 Å². The van der Waals surface area contributed by atoms with Gasteiger partial charge in [-0.25, -0.2) is 0 Å². The van der Waals surface area contributed by atoms with Crippen LogP contribution >= 0.6 is 0 Å². The number of hydrogen-bond donors (Lipinski definition) is 1. The van der Waals surface area contributed by atoms with Crippen LogP contribution in [0, 0.1) is 0 Å². The van der Waals surface area contributed by atoms with Gasteiger partial charge in [0.15, 0.2) is 0 Å². The summed E-state index contributed by atoms with van der Waals surface area (Å²) in [4.78, 5) is 23.3. The average molecular weight is 180 g/mol. The molecule has 0 aromatic carbocycles. The number of nitrogens with zero attached hydrogens (tertiary/aromatic N) is 1. The molecule has 0 aliphatic rings. The predicted octanol–water partition coefficient (Wildman–Crippen LogP) is 0.776. The highest BCUT2D eigenvalue weighted by molar-refractivity contribution is 5.92. The minimum atomic E-state index is -0.442. The molecule has 1 rings (SSSR count). The van der Waals surface area contributed by atoms with E-state index in [0.29, 0.717) is 12.0 Å². The van der Waals surface area contributed by atoms with Gasteiger partial charge in [-0.05, 0) is 12.1 Å². The van der Waals surface area contributed by atoms with Gasteiger partial charge < -0.3 is 10.5 Å². The maximum atomic E-state index is 10.4. The third kappa shape index (κ3) is 5.55. The first-order valence-electron chi connectivity index (χ1n) is 3.85. The molecule has 0 aliphatic heterocycles. The van der Waals surface area contributed by atoms with Crippen LogP contribution in [0.1, 0.15) is 23.7 Å². The predicted molar refractivity (Wildman–Crippen MR) is 49.1 cm³/mol. The molecule has 1 heterocycles. The van der Waals surface area contributed by atoms with Crippen molar-refractivity contribution in [3.8, 4) is 0 Å². The fraction of sp³-hybridized carbons (Fsp3) is 0.222. The number of pyridine rings is 1. The largest absolute Gasteiger partial charge is 0.366 e. The number of rotatable bonds is 2. The number of primary amides is 1. The summed E-state index contributed by atoms with van der Waals surface area (Å²) < 4.78 is 0. The molecule has 0 saturated carbocycles. The van der Waals surface area contributed by atoms with Crippen molar-refractivity contribution in [1.29, 1.82) is 0 Å². The van der Waals surface area contributed by atoms with E-state index in [9.17, 15) is 9.59 Å². The van der Waals surface area contributed by atoms with Crippen LogP contribution < -0.4 is 5.73 Å². The van der Waals surface area contributed by atoms with Crippen LogP contribution in [0.5, 0.6) is 0 Å². The minimum Gasteiger partial charge on any atom is -0.366 e. The van der Waals surface area contributed by atoms with E-state index >= 15 is 0 Å². The van der Waals surface area contributed by atoms with Gasteiger partial charge >= 0.3 is 0 Å². The fourth-order valence-electron chi connectivity index (χ4n) is 0.509. The minimum absolute atomic E-state index is 0.442. The Morgan fingerprint density at radius 1 is 1.69 bits per heavy atom. The van der Waals surface area contributed by atoms with Gasteiger partial charge in [0, 0.05) is 18.8 Å². The molecule has 0 radical (unpaired) electrons. The molecule has 0 fully saturated rings. The van der Waals surface area contributed by atoms with Gasteiger partial charge in [0.2, 0.25) is 5.91 Å². The molecule has 1 aromatic heterocycles. The summed E-state index contributed by atoms with van der Waals surface area (Å²) in [6, 6.07) is 3.29. The summed E-state index contributed by atoms with van der Waals surface area (Å²) >= 11 is 0. The van der Waals surface area contributed by atoms with Crippen LogP contribution in [0.4, 0.5) is 0 Å². The van der Waals surface area contributed by atoms with E-state index in [1.807, 2.05) is 6.92 Å². The van der Waals surface area contributed by atoms with E-state index in [4.69, 9.17) is 5.73 Å². The summed E-state index contributed by atoms with van der Waals surface area (Å²) in [5.41, 5.74) is 5.38. The van der Waals surface area contributed by atoms with Crippen molar-refractivity contribution < 1.29 is 9.59 Å². The van der Waals surface area contributed by atoms with Crippen LogP contribution in [0.15, 0.2) is 24.5 Å². The first-order valence-corrected chi connectivity index (χ1v) is 3.85. The Hall–Kier alpha value is -1.71. The van der Waals surface area contributed by atoms with Gasteiger partial charge in [-0.15, -0.1) is 0 Å². The smallest absolute Gasteiger partial charge is 0.250 e. The number of hydrogen-bond acceptors (Lipinski definition) is 3. The first kappa shape index (κ1) is 11.3. The molecule has 4 heteroatoms. The molecule has 0 bridgehead atoms. The lowest BCUT2D eigenvalue weighted by Crippen LogP contribution is -2.10. The summed E-state index contributed by atoms with van der Waals surface area (Å²) in [7, 11) is 0. The van der Waals surface area contributed by atoms with E-state index in [-0.39, 0.29) is 0 Å². The third-order valence-electron chi connectivity index (χ3n) is 1.11. The molecule has 2 N–H and O–H groups in total. The van der Waals surface area contributed by atoms with Crippen LogP contribution in [-0.4, -0.2) is 17.2 Å². The molecule has 0 unspecified atom stereocenters. The Bertz CT molecular complexity index is 260. The molecule has 0 aliphatic carbocycles. The molecule has 70 valence electrons. The van der Waals surface area contributed by atoms with Gasteiger partial charge in [-0.1, -0.05) is 6.92 Å². The van der Waals surface area contributed by atoms with Gasteiger partial charge in [-0.2, -0.15) is 0 Å². The number of aromatic nitrogens is 1. The number of amides is 1. The summed E-state index contributed by atoms with van der Waals surface area (Å²) in [6.45, 7) is 1.81. The number of nitrogens with two attached hydrogens (primary N) is 1. The van der Waals surface area contributed by atoms with Crippen LogP contribution in [0.25, 0.3) is 0 Å². The Kier molecular flexibility index (Phi) is 6.05. The Balaban J connectivity index is 0.000000310. The highest BCUT2D eigenvalue weighted by atomic mass is 16.1. The van der Waals surface area contributed by atoms with E-state index in [1.165, 1.54) is 6.20 Å². The van der Waals surface area contributed by atoms with Gasteiger partial charge in [-0.3, -0.25) is 9.78 Å². The Labute approximate surface area is 76.8 Å². The molecular formula is C9H12N2O2. The highest BCUT2D eigenvalue weighted by Crippen LogP contribution is 1.91. The third-order valence-corrected chi connectivity index (χ3v) is 1.11. The number of carbonyl (C=O) groups excluding carboxylic acids is 2. The van der Waals surface area contributed by atoms with E-state index in [2.05, 4.69) is 4.98 Å². The quantitative estimate of drug-likeness (QED) is 0.683. The zero-order valence-corrected chi connectivity index (χ0v) is 7.43. The maximum Gasteiger partial charge on any atom is 0.250 e. The van der Waals surface area contributed by atoms with Crippen molar-refractivity contribution >= 4 is 12.2 Å². The second-order valence-corrected chi connectivity index (χ2v) is 2.18. The summed E-state index contributed by atoms with van der Waals surface area (Å²) in [5.74, 6) is -0.442. The van der Waals surface area contributed by atoms with Gasteiger partial charge in [0.05, 0.1) is 5.56 Å². The second kappa shape index (κ2) is 6.97. The highest BCUT2D eigenvalue weighted by Gasteiger charge is 1.94. The number of aldehydes is 1. The van der Waals surface area contributed by atoms with Crippen LogP contribution in [-0.2, 0) is 4.79 Å². The molecule has 13 heavy (non-hydrogen) atoms. The van der Waals surface area contributed by atoms with E-state index in [0.717, 1.165) is 6.29 Å². The molecular weight excluding hydrogens is 168 g/mol. The van der Waals surface area contributed by atoms with Gasteiger partial charge in [0.1, 0.15) is 6.29 Å². The molecule has 0 atom stereocenters. The van der Waals surface area contributed by atoms with Crippen molar-refractivity contribution in [3.05, 3.63) is 30.1 Å². The van der Waals surface area contributed by atoms with Crippen molar-refractivity contribution in [2.75, 3.05) is 0 Å². The molecule has 0 spiro atoms. The van der Waals surface area contributed by atoms with Crippen molar-refractivity contribution in [3.63, 3.8) is 0 Å². The Morgan fingerprint density at radius 2 is 2.31 bits per heavy atom. The first-order chi connectivity index (χ1) is 6.22. The molecule has 1 amide bonds. The van der Waals surface area contributed by atoms with Crippen molar-refractivity contribution in [2.24, 2.45) is 5.73 Å². The number of carbonyl (C=O) groups is 2. The SMILES string of the molecule is CCC=O.NC(=O)c1cccnc1. The van der Waals surface area contributed by atoms with E-state index < -0.39 is 5.91 Å². The molecule has 4 nitrogen and oxygen atoms in total. The van der Waals surface area contributed by atoms with Crippen molar-refractivity contribution in [2.45, 2.75) is 13.3 Å².